The number of carbonyl (C=O) groups is 1. The van der Waals surface area contributed by atoms with Crippen molar-refractivity contribution >= 4 is 5.97 Å². The number of ether oxygens (including phenoxy) is 3. The molecule has 0 N–H and O–H groups in total. The van der Waals surface area contributed by atoms with Crippen LogP contribution in [0, 0.1) is 5.82 Å². The first-order valence-corrected chi connectivity index (χ1v) is 11.4. The van der Waals surface area contributed by atoms with Gasteiger partial charge in [-0.05, 0) is 71.3 Å². The Morgan fingerprint density at radius 3 is 2.38 bits per heavy atom. The highest BCUT2D eigenvalue weighted by atomic mass is 19.1. The molecular formula is C29H33FO4. The molecule has 5 heteroatoms. The van der Waals surface area contributed by atoms with Gasteiger partial charge in [-0.15, -0.1) is 0 Å². The fourth-order valence-corrected chi connectivity index (χ4v) is 3.90. The molecule has 180 valence electrons. The first-order valence-electron chi connectivity index (χ1n) is 11.4. The molecule has 3 aromatic rings. The molecule has 0 amide bonds. The summed E-state index contributed by atoms with van der Waals surface area (Å²) >= 11 is 0. The third-order valence-corrected chi connectivity index (χ3v) is 5.84. The number of esters is 1. The summed E-state index contributed by atoms with van der Waals surface area (Å²) in [6.45, 7) is 8.34. The Bertz CT molecular complexity index is 1150. The molecule has 0 heterocycles. The Morgan fingerprint density at radius 2 is 1.71 bits per heavy atom. The minimum absolute atomic E-state index is 0.214. The zero-order valence-electron chi connectivity index (χ0n) is 20.8. The lowest BCUT2D eigenvalue weighted by Crippen LogP contribution is -2.15. The summed E-state index contributed by atoms with van der Waals surface area (Å²) in [6, 6.07) is 18.6. The molecule has 4 nitrogen and oxygen atoms in total. The topological polar surface area (TPSA) is 44.8 Å². The van der Waals surface area contributed by atoms with E-state index in [0.29, 0.717) is 24.2 Å². The minimum Gasteiger partial charge on any atom is -0.497 e. The highest BCUT2D eigenvalue weighted by Gasteiger charge is 2.23. The predicted octanol–water partition coefficient (Wildman–Crippen LogP) is 7.04. The van der Waals surface area contributed by atoms with Gasteiger partial charge in [-0.2, -0.15) is 0 Å². The largest absolute Gasteiger partial charge is 0.497 e. The fraction of sp³-hybridized carbons (Fsp3) is 0.345. The number of halogens is 1. The molecular weight excluding hydrogens is 431 g/mol. The molecule has 0 aliphatic carbocycles. The lowest BCUT2D eigenvalue weighted by molar-refractivity contribution is -0.140. The number of aryl methyl sites for hydroxylation is 1. The standard InChI is InChI=1S/C29H33FO4/c1-19(34-23-9-7-8-20(16-23)10-15-28(31)33-6)21-11-13-24(26(17-21)29(2,3)4)25-18-22(32-5)12-14-27(25)30/h7-9,11-14,16-19H,10,15H2,1-6H3. The van der Waals surface area contributed by atoms with Crippen LogP contribution < -0.4 is 9.47 Å². The molecule has 0 aromatic heterocycles. The number of methoxy groups -OCH3 is 2. The highest BCUT2D eigenvalue weighted by molar-refractivity contribution is 5.71. The second kappa shape index (κ2) is 10.7. The maximum Gasteiger partial charge on any atom is 0.305 e. The summed E-state index contributed by atoms with van der Waals surface area (Å²) in [5.41, 5.74) is 4.17. The summed E-state index contributed by atoms with van der Waals surface area (Å²) in [4.78, 5) is 11.4. The molecule has 0 radical (unpaired) electrons. The Kier molecular flexibility index (Phi) is 7.98. The monoisotopic (exact) mass is 464 g/mol. The summed E-state index contributed by atoms with van der Waals surface area (Å²) in [5.74, 6) is 0.827. The van der Waals surface area contributed by atoms with Crippen molar-refractivity contribution in [2.75, 3.05) is 14.2 Å². The average Bonchev–Trinajstić information content (AvgIpc) is 2.82. The van der Waals surface area contributed by atoms with E-state index < -0.39 is 0 Å². The van der Waals surface area contributed by atoms with Gasteiger partial charge < -0.3 is 14.2 Å². The van der Waals surface area contributed by atoms with Crippen molar-refractivity contribution in [3.05, 3.63) is 83.2 Å². The van der Waals surface area contributed by atoms with Crippen molar-refractivity contribution in [2.24, 2.45) is 0 Å². The van der Waals surface area contributed by atoms with Crippen LogP contribution in [0.1, 0.15) is 56.9 Å². The first-order chi connectivity index (χ1) is 16.1. The molecule has 0 aliphatic rings. The van der Waals surface area contributed by atoms with Crippen LogP contribution in [0.5, 0.6) is 11.5 Å². The maximum atomic E-state index is 14.8. The molecule has 0 saturated heterocycles. The average molecular weight is 465 g/mol. The van der Waals surface area contributed by atoms with Crippen molar-refractivity contribution < 1.29 is 23.4 Å². The molecule has 0 aliphatic heterocycles. The lowest BCUT2D eigenvalue weighted by atomic mass is 9.80. The van der Waals surface area contributed by atoms with Crippen LogP contribution in [0.2, 0.25) is 0 Å². The second-order valence-corrected chi connectivity index (χ2v) is 9.38. The third kappa shape index (κ3) is 6.16. The molecule has 0 bridgehead atoms. The van der Waals surface area contributed by atoms with Gasteiger partial charge in [-0.25, -0.2) is 4.39 Å². The van der Waals surface area contributed by atoms with E-state index in [-0.39, 0.29) is 23.3 Å². The number of rotatable bonds is 8. The van der Waals surface area contributed by atoms with Gasteiger partial charge in [-0.3, -0.25) is 4.79 Å². The van der Waals surface area contributed by atoms with E-state index in [2.05, 4.69) is 26.8 Å². The van der Waals surface area contributed by atoms with E-state index in [1.54, 1.807) is 19.2 Å². The van der Waals surface area contributed by atoms with Gasteiger partial charge in [0.1, 0.15) is 23.4 Å². The molecule has 1 unspecified atom stereocenters. The van der Waals surface area contributed by atoms with Gasteiger partial charge in [-0.1, -0.05) is 51.1 Å². The van der Waals surface area contributed by atoms with Crippen LogP contribution in [-0.4, -0.2) is 20.2 Å². The van der Waals surface area contributed by atoms with Gasteiger partial charge in [0.05, 0.1) is 14.2 Å². The van der Waals surface area contributed by atoms with Crippen molar-refractivity contribution in [2.45, 2.75) is 52.1 Å². The van der Waals surface area contributed by atoms with Crippen LogP contribution in [0.3, 0.4) is 0 Å². The predicted molar refractivity (Wildman–Crippen MR) is 133 cm³/mol. The van der Waals surface area contributed by atoms with E-state index in [0.717, 1.165) is 28.0 Å². The second-order valence-electron chi connectivity index (χ2n) is 9.38. The Morgan fingerprint density at radius 1 is 0.941 bits per heavy atom. The zero-order valence-corrected chi connectivity index (χ0v) is 20.8. The van der Waals surface area contributed by atoms with Gasteiger partial charge in [0.25, 0.3) is 0 Å². The summed E-state index contributed by atoms with van der Waals surface area (Å²) < 4.78 is 31.1. The van der Waals surface area contributed by atoms with E-state index in [1.165, 1.54) is 13.2 Å². The van der Waals surface area contributed by atoms with E-state index in [9.17, 15) is 9.18 Å². The quantitative estimate of drug-likeness (QED) is 0.335. The number of hydrogen-bond acceptors (Lipinski definition) is 4. The molecule has 34 heavy (non-hydrogen) atoms. The van der Waals surface area contributed by atoms with Gasteiger partial charge in [0, 0.05) is 12.0 Å². The maximum absolute atomic E-state index is 14.8. The van der Waals surface area contributed by atoms with Crippen LogP contribution in [-0.2, 0) is 21.4 Å². The normalized spacial score (nSPS) is 12.2. The van der Waals surface area contributed by atoms with Crippen molar-refractivity contribution in [3.63, 3.8) is 0 Å². The molecule has 0 fully saturated rings. The summed E-state index contributed by atoms with van der Waals surface area (Å²) in [7, 11) is 2.97. The van der Waals surface area contributed by atoms with Crippen LogP contribution in [0.4, 0.5) is 4.39 Å². The van der Waals surface area contributed by atoms with E-state index in [4.69, 9.17) is 14.2 Å². The van der Waals surface area contributed by atoms with Crippen LogP contribution >= 0.6 is 0 Å². The molecule has 0 saturated carbocycles. The van der Waals surface area contributed by atoms with Crippen molar-refractivity contribution in [3.8, 4) is 22.6 Å². The summed E-state index contributed by atoms with van der Waals surface area (Å²) in [6.07, 6.45) is 0.695. The fourth-order valence-electron chi connectivity index (χ4n) is 3.90. The van der Waals surface area contributed by atoms with Gasteiger partial charge >= 0.3 is 5.97 Å². The SMILES string of the molecule is COC(=O)CCc1cccc(OC(C)c2ccc(-c3cc(OC)ccc3F)c(C(C)(C)C)c2)c1. The molecule has 1 atom stereocenters. The van der Waals surface area contributed by atoms with E-state index >= 15 is 0 Å². The lowest BCUT2D eigenvalue weighted by Gasteiger charge is -2.26. The van der Waals surface area contributed by atoms with Crippen molar-refractivity contribution in [1.82, 2.24) is 0 Å². The summed E-state index contributed by atoms with van der Waals surface area (Å²) in [5, 5.41) is 0. The highest BCUT2D eigenvalue weighted by Crippen LogP contribution is 2.38. The number of carbonyl (C=O) groups excluding carboxylic acids is 1. The number of benzene rings is 3. The first kappa shape index (κ1) is 25.3. The Hall–Kier alpha value is -3.34. The minimum atomic E-state index is -0.285. The zero-order chi connectivity index (χ0) is 24.9. The number of hydrogen-bond donors (Lipinski definition) is 0. The van der Waals surface area contributed by atoms with Crippen molar-refractivity contribution in [1.29, 1.82) is 0 Å². The van der Waals surface area contributed by atoms with Gasteiger partial charge in [0.15, 0.2) is 0 Å². The smallest absolute Gasteiger partial charge is 0.305 e. The van der Waals surface area contributed by atoms with E-state index in [1.807, 2.05) is 43.3 Å². The Balaban J connectivity index is 1.89. The molecule has 3 rings (SSSR count). The Labute approximate surface area is 201 Å². The van der Waals surface area contributed by atoms with Gasteiger partial charge in [0.2, 0.25) is 0 Å². The van der Waals surface area contributed by atoms with Crippen LogP contribution in [0.15, 0.2) is 60.7 Å². The molecule has 0 spiro atoms. The van der Waals surface area contributed by atoms with Crippen LogP contribution in [0.25, 0.3) is 11.1 Å². The third-order valence-electron chi connectivity index (χ3n) is 5.84. The molecule has 3 aromatic carbocycles.